The average Bonchev–Trinajstić information content (AvgIpc) is 3.37. The fraction of sp³-hybridized carbons (Fsp3) is 0.429. The number of nitrogens with zero attached hydrogens (tertiary/aromatic N) is 6. The van der Waals surface area contributed by atoms with Crippen molar-refractivity contribution >= 4 is 16.9 Å². The van der Waals surface area contributed by atoms with E-state index in [4.69, 9.17) is 4.74 Å². The molecule has 0 radical (unpaired) electrons. The lowest BCUT2D eigenvalue weighted by atomic mass is 10.1. The molecule has 1 amide bonds. The Kier molecular flexibility index (Phi) is 4.74. The Bertz CT molecular complexity index is 1160. The van der Waals surface area contributed by atoms with Gasteiger partial charge in [0.25, 0.3) is 5.56 Å². The number of carbonyl (C=O) groups excluding carboxylic acids is 1. The largest absolute Gasteiger partial charge is 0.493 e. The predicted molar refractivity (Wildman–Crippen MR) is 110 cm³/mol. The zero-order valence-electron chi connectivity index (χ0n) is 17.0. The molecule has 1 saturated heterocycles. The smallest absolute Gasteiger partial charge is 0.264 e. The van der Waals surface area contributed by atoms with Gasteiger partial charge in [-0.15, -0.1) is 0 Å². The first-order valence-corrected chi connectivity index (χ1v) is 10.2. The molecule has 1 fully saturated rings. The molecule has 2 aliphatic rings. The van der Waals surface area contributed by atoms with Crippen LogP contribution in [0.25, 0.3) is 11.0 Å². The van der Waals surface area contributed by atoms with Crippen LogP contribution >= 0.6 is 0 Å². The summed E-state index contributed by atoms with van der Waals surface area (Å²) in [4.78, 5) is 33.8. The number of benzene rings is 1. The molecule has 4 heterocycles. The van der Waals surface area contributed by atoms with Crippen LogP contribution in [-0.4, -0.2) is 67.8 Å². The summed E-state index contributed by atoms with van der Waals surface area (Å²) in [6.07, 6.45) is 3.90. The number of ether oxygens (including phenoxy) is 1. The van der Waals surface area contributed by atoms with Gasteiger partial charge in [0.15, 0.2) is 5.65 Å². The van der Waals surface area contributed by atoms with E-state index in [0.717, 1.165) is 38.4 Å². The molecule has 0 saturated carbocycles. The molecule has 5 rings (SSSR count). The number of fused-ring (bicyclic) bond motifs is 2. The lowest BCUT2D eigenvalue weighted by Gasteiger charge is -2.35. The first-order valence-electron chi connectivity index (χ1n) is 10.2. The van der Waals surface area contributed by atoms with Gasteiger partial charge in [-0.1, -0.05) is 12.1 Å². The van der Waals surface area contributed by atoms with Gasteiger partial charge in [0.1, 0.15) is 24.0 Å². The van der Waals surface area contributed by atoms with Crippen molar-refractivity contribution in [1.82, 2.24) is 29.1 Å². The van der Waals surface area contributed by atoms with Gasteiger partial charge in [0.05, 0.1) is 12.8 Å². The molecular weight excluding hydrogens is 384 g/mol. The van der Waals surface area contributed by atoms with E-state index >= 15 is 0 Å². The van der Waals surface area contributed by atoms with Crippen LogP contribution in [0.4, 0.5) is 0 Å². The van der Waals surface area contributed by atoms with Gasteiger partial charge in [-0.05, 0) is 17.2 Å². The standard InChI is InChI=1S/C21H24N6O3/c1-24-20-17(11-23-24)21(29)27(14-22-20)13-19(28)26-7-5-25(6-8-26)12-15-2-3-18-16(10-15)4-9-30-18/h2-3,10-11,14H,4-9,12-13H2,1H3. The second-order valence-corrected chi connectivity index (χ2v) is 7.88. The van der Waals surface area contributed by atoms with Crippen molar-refractivity contribution in [2.24, 2.45) is 7.05 Å². The topological polar surface area (TPSA) is 85.5 Å². The summed E-state index contributed by atoms with van der Waals surface area (Å²) in [6, 6.07) is 6.41. The number of aryl methyl sites for hydroxylation is 1. The fourth-order valence-corrected chi connectivity index (χ4v) is 4.18. The van der Waals surface area contributed by atoms with Crippen molar-refractivity contribution in [1.29, 1.82) is 0 Å². The normalized spacial score (nSPS) is 16.6. The molecule has 3 aromatic rings. The zero-order chi connectivity index (χ0) is 20.7. The van der Waals surface area contributed by atoms with Crippen LogP contribution in [0.5, 0.6) is 5.75 Å². The Balaban J connectivity index is 1.19. The Hall–Kier alpha value is -3.20. The van der Waals surface area contributed by atoms with Crippen LogP contribution in [0.1, 0.15) is 11.1 Å². The minimum Gasteiger partial charge on any atom is -0.493 e. The van der Waals surface area contributed by atoms with E-state index < -0.39 is 0 Å². The third-order valence-electron chi connectivity index (χ3n) is 5.91. The summed E-state index contributed by atoms with van der Waals surface area (Å²) >= 11 is 0. The molecule has 9 nitrogen and oxygen atoms in total. The quantitative estimate of drug-likeness (QED) is 0.622. The van der Waals surface area contributed by atoms with Gasteiger partial charge >= 0.3 is 0 Å². The van der Waals surface area contributed by atoms with Crippen LogP contribution in [0, 0.1) is 0 Å². The third-order valence-corrected chi connectivity index (χ3v) is 5.91. The number of piperazine rings is 1. The number of hydrogen-bond donors (Lipinski definition) is 0. The highest BCUT2D eigenvalue weighted by molar-refractivity contribution is 5.77. The van der Waals surface area contributed by atoms with E-state index in [-0.39, 0.29) is 18.0 Å². The lowest BCUT2D eigenvalue weighted by Crippen LogP contribution is -2.49. The van der Waals surface area contributed by atoms with Crippen molar-refractivity contribution < 1.29 is 9.53 Å². The highest BCUT2D eigenvalue weighted by Crippen LogP contribution is 2.26. The number of carbonyl (C=O) groups is 1. The first kappa shape index (κ1) is 18.8. The SMILES string of the molecule is Cn1ncc2c(=O)n(CC(=O)N3CCN(Cc4ccc5c(c4)CCO5)CC3)cnc21. The van der Waals surface area contributed by atoms with Crippen LogP contribution in [-0.2, 0) is 31.4 Å². The third kappa shape index (κ3) is 3.45. The van der Waals surface area contributed by atoms with Crippen molar-refractivity contribution in [3.05, 3.63) is 52.2 Å². The molecule has 2 aliphatic heterocycles. The van der Waals surface area contributed by atoms with Gasteiger partial charge < -0.3 is 9.64 Å². The Labute approximate surface area is 173 Å². The molecule has 1 aromatic carbocycles. The van der Waals surface area contributed by atoms with E-state index in [1.54, 1.807) is 11.7 Å². The molecule has 9 heteroatoms. The van der Waals surface area contributed by atoms with Crippen molar-refractivity contribution in [2.45, 2.75) is 19.5 Å². The van der Waals surface area contributed by atoms with Crippen molar-refractivity contribution in [3.8, 4) is 5.75 Å². The molecule has 156 valence electrons. The maximum atomic E-state index is 12.7. The molecule has 0 atom stereocenters. The number of rotatable bonds is 4. The van der Waals surface area contributed by atoms with E-state index in [1.807, 2.05) is 4.90 Å². The van der Waals surface area contributed by atoms with Crippen molar-refractivity contribution in [3.63, 3.8) is 0 Å². The second-order valence-electron chi connectivity index (χ2n) is 7.88. The second kappa shape index (κ2) is 7.56. The van der Waals surface area contributed by atoms with E-state index in [0.29, 0.717) is 24.1 Å². The summed E-state index contributed by atoms with van der Waals surface area (Å²) in [5.41, 5.74) is 2.85. The number of amides is 1. The minimum absolute atomic E-state index is 0.00148. The maximum absolute atomic E-state index is 12.7. The summed E-state index contributed by atoms with van der Waals surface area (Å²) in [6.45, 7) is 4.58. The molecular formula is C21H24N6O3. The molecule has 2 aromatic heterocycles. The summed E-state index contributed by atoms with van der Waals surface area (Å²) < 4.78 is 8.49. The average molecular weight is 408 g/mol. The monoisotopic (exact) mass is 408 g/mol. The van der Waals surface area contributed by atoms with Crippen LogP contribution < -0.4 is 10.3 Å². The summed E-state index contributed by atoms with van der Waals surface area (Å²) in [5.74, 6) is 0.944. The minimum atomic E-state index is -0.235. The van der Waals surface area contributed by atoms with Crippen LogP contribution in [0.2, 0.25) is 0 Å². The summed E-state index contributed by atoms with van der Waals surface area (Å²) in [7, 11) is 1.74. The number of aromatic nitrogens is 4. The predicted octanol–water partition coefficient (Wildman–Crippen LogP) is 0.409. The Morgan fingerprint density at radius 3 is 2.87 bits per heavy atom. The zero-order valence-corrected chi connectivity index (χ0v) is 17.0. The highest BCUT2D eigenvalue weighted by atomic mass is 16.5. The van der Waals surface area contributed by atoms with E-state index in [9.17, 15) is 9.59 Å². The van der Waals surface area contributed by atoms with E-state index in [1.165, 1.54) is 28.2 Å². The first-order chi connectivity index (χ1) is 14.6. The molecule has 30 heavy (non-hydrogen) atoms. The summed E-state index contributed by atoms with van der Waals surface area (Å²) in [5, 5.41) is 4.49. The fourth-order valence-electron chi connectivity index (χ4n) is 4.18. The van der Waals surface area contributed by atoms with Gasteiger partial charge in [-0.25, -0.2) is 4.98 Å². The maximum Gasteiger partial charge on any atom is 0.264 e. The van der Waals surface area contributed by atoms with Crippen LogP contribution in [0.15, 0.2) is 35.5 Å². The van der Waals surface area contributed by atoms with Crippen molar-refractivity contribution in [2.75, 3.05) is 32.8 Å². The van der Waals surface area contributed by atoms with Gasteiger partial charge in [0, 0.05) is 46.2 Å². The van der Waals surface area contributed by atoms with Crippen LogP contribution in [0.3, 0.4) is 0 Å². The van der Waals surface area contributed by atoms with Gasteiger partial charge in [0.2, 0.25) is 5.91 Å². The lowest BCUT2D eigenvalue weighted by molar-refractivity contribution is -0.133. The molecule has 0 aliphatic carbocycles. The van der Waals surface area contributed by atoms with Gasteiger partial charge in [-0.2, -0.15) is 5.10 Å². The highest BCUT2D eigenvalue weighted by Gasteiger charge is 2.22. The molecule has 0 bridgehead atoms. The molecule has 0 spiro atoms. The molecule has 0 N–H and O–H groups in total. The number of hydrogen-bond acceptors (Lipinski definition) is 6. The Morgan fingerprint density at radius 1 is 1.20 bits per heavy atom. The van der Waals surface area contributed by atoms with E-state index in [2.05, 4.69) is 33.2 Å². The molecule has 0 unspecified atom stereocenters. The van der Waals surface area contributed by atoms with Gasteiger partial charge in [-0.3, -0.25) is 23.7 Å². The Morgan fingerprint density at radius 2 is 2.03 bits per heavy atom.